The zero-order chi connectivity index (χ0) is 6.57. The van der Waals surface area contributed by atoms with Gasteiger partial charge in [0.05, 0.1) is 6.17 Å². The lowest BCUT2D eigenvalue weighted by molar-refractivity contribution is 0.361. The number of hydrogen-bond donors (Lipinski definition) is 3. The van der Waals surface area contributed by atoms with Crippen molar-refractivity contribution in [3.63, 3.8) is 0 Å². The van der Waals surface area contributed by atoms with Gasteiger partial charge in [-0.2, -0.15) is 0 Å². The fraction of sp³-hybridized carbons (Fsp3) is 1.00. The Balaban J connectivity index is 3.35. The van der Waals surface area contributed by atoms with Gasteiger partial charge in [0.1, 0.15) is 0 Å². The second kappa shape index (κ2) is 3.83. The van der Waals surface area contributed by atoms with Gasteiger partial charge < -0.3 is 5.32 Å². The Morgan fingerprint density at radius 1 is 1.38 bits per heavy atom. The summed E-state index contributed by atoms with van der Waals surface area (Å²) in [6.07, 6.45) is 0.231. The van der Waals surface area contributed by atoms with Gasteiger partial charge in [0.15, 0.2) is 0 Å². The summed E-state index contributed by atoms with van der Waals surface area (Å²) < 4.78 is 0. The summed E-state index contributed by atoms with van der Waals surface area (Å²) in [6, 6.07) is 0. The molecule has 50 valence electrons. The van der Waals surface area contributed by atoms with Gasteiger partial charge in [-0.15, -0.1) is 0 Å². The fourth-order valence-electron chi connectivity index (χ4n) is 0.609. The minimum absolute atomic E-state index is 0.231. The number of rotatable bonds is 3. The second-order valence-corrected chi connectivity index (χ2v) is 2.18. The van der Waals surface area contributed by atoms with Crippen LogP contribution in [-0.2, 0) is 0 Å². The van der Waals surface area contributed by atoms with E-state index in [-0.39, 0.29) is 6.17 Å². The maximum atomic E-state index is 5.17. The summed E-state index contributed by atoms with van der Waals surface area (Å²) in [7, 11) is 1.88. The number of nitrogens with two attached hydrogens (primary N) is 1. The van der Waals surface area contributed by atoms with E-state index < -0.39 is 0 Å². The van der Waals surface area contributed by atoms with Crippen LogP contribution in [0.25, 0.3) is 0 Å². The molecule has 3 nitrogen and oxygen atoms in total. The van der Waals surface area contributed by atoms with Gasteiger partial charge in [-0.3, -0.25) is 5.84 Å². The van der Waals surface area contributed by atoms with Crippen molar-refractivity contribution in [1.82, 2.24) is 10.7 Å². The van der Waals surface area contributed by atoms with Crippen LogP contribution in [0.5, 0.6) is 0 Å². The fourth-order valence-corrected chi connectivity index (χ4v) is 0.609. The predicted molar refractivity (Wildman–Crippen MR) is 35.0 cm³/mol. The Labute approximate surface area is 50.6 Å². The molecule has 0 saturated heterocycles. The number of hydrazine groups is 1. The minimum atomic E-state index is 0.231. The van der Waals surface area contributed by atoms with Crippen LogP contribution in [0.3, 0.4) is 0 Å². The number of nitrogens with one attached hydrogen (secondary N) is 2. The van der Waals surface area contributed by atoms with E-state index >= 15 is 0 Å². The topological polar surface area (TPSA) is 50.1 Å². The van der Waals surface area contributed by atoms with E-state index in [0.29, 0.717) is 5.92 Å². The average Bonchev–Trinajstić information content (AvgIpc) is 1.69. The third-order valence-electron chi connectivity index (χ3n) is 1.16. The van der Waals surface area contributed by atoms with Crippen LogP contribution in [0.1, 0.15) is 13.8 Å². The van der Waals surface area contributed by atoms with Crippen LogP contribution in [0.2, 0.25) is 0 Å². The molecule has 0 bridgehead atoms. The molecule has 0 aliphatic carbocycles. The second-order valence-electron chi connectivity index (χ2n) is 2.18. The van der Waals surface area contributed by atoms with E-state index in [2.05, 4.69) is 24.6 Å². The normalized spacial score (nSPS) is 14.6. The SMILES string of the molecule is CN[C@@H](NN)C(C)C. The summed E-state index contributed by atoms with van der Waals surface area (Å²) in [5.74, 6) is 5.70. The predicted octanol–water partition coefficient (Wildman–Crippen LogP) is -0.349. The smallest absolute Gasteiger partial charge is 0.0722 e. The zero-order valence-electron chi connectivity index (χ0n) is 5.73. The van der Waals surface area contributed by atoms with Gasteiger partial charge in [-0.05, 0) is 13.0 Å². The summed E-state index contributed by atoms with van der Waals surface area (Å²) >= 11 is 0. The molecule has 0 spiro atoms. The van der Waals surface area contributed by atoms with Crippen molar-refractivity contribution in [2.75, 3.05) is 7.05 Å². The van der Waals surface area contributed by atoms with E-state index in [1.54, 1.807) is 0 Å². The van der Waals surface area contributed by atoms with E-state index in [1.165, 1.54) is 0 Å². The Morgan fingerprint density at radius 2 is 1.88 bits per heavy atom. The third-order valence-corrected chi connectivity index (χ3v) is 1.16. The van der Waals surface area contributed by atoms with Gasteiger partial charge in [-0.25, -0.2) is 5.43 Å². The van der Waals surface area contributed by atoms with E-state index in [9.17, 15) is 0 Å². The highest BCUT2D eigenvalue weighted by Crippen LogP contribution is 1.93. The molecule has 4 N–H and O–H groups in total. The Morgan fingerprint density at radius 3 is 1.88 bits per heavy atom. The first-order chi connectivity index (χ1) is 3.72. The quantitative estimate of drug-likeness (QED) is 0.269. The van der Waals surface area contributed by atoms with E-state index in [0.717, 1.165) is 0 Å². The molecule has 3 heteroatoms. The highest BCUT2D eigenvalue weighted by Gasteiger charge is 2.05. The van der Waals surface area contributed by atoms with Crippen molar-refractivity contribution in [1.29, 1.82) is 0 Å². The lowest BCUT2D eigenvalue weighted by Crippen LogP contribution is -2.47. The van der Waals surface area contributed by atoms with Crippen LogP contribution in [0.4, 0.5) is 0 Å². The molecule has 0 radical (unpaired) electrons. The van der Waals surface area contributed by atoms with Gasteiger partial charge in [0.25, 0.3) is 0 Å². The summed E-state index contributed by atoms with van der Waals surface area (Å²) in [4.78, 5) is 0. The van der Waals surface area contributed by atoms with Crippen LogP contribution < -0.4 is 16.6 Å². The van der Waals surface area contributed by atoms with Crippen LogP contribution in [0, 0.1) is 5.92 Å². The molecule has 8 heavy (non-hydrogen) atoms. The Hall–Kier alpha value is -0.120. The van der Waals surface area contributed by atoms with Crippen LogP contribution in [0.15, 0.2) is 0 Å². The van der Waals surface area contributed by atoms with Crippen molar-refractivity contribution < 1.29 is 0 Å². The van der Waals surface area contributed by atoms with Crippen molar-refractivity contribution in [3.8, 4) is 0 Å². The van der Waals surface area contributed by atoms with E-state index in [1.807, 2.05) is 7.05 Å². The van der Waals surface area contributed by atoms with Crippen molar-refractivity contribution >= 4 is 0 Å². The standard InChI is InChI=1S/C5H15N3/c1-4(2)5(7-3)8-6/h4-5,7-8H,6H2,1-3H3/t5-/m0/s1. The van der Waals surface area contributed by atoms with Gasteiger partial charge in [0.2, 0.25) is 0 Å². The van der Waals surface area contributed by atoms with Gasteiger partial charge in [0, 0.05) is 0 Å². The van der Waals surface area contributed by atoms with Gasteiger partial charge in [-0.1, -0.05) is 13.8 Å². The van der Waals surface area contributed by atoms with Crippen molar-refractivity contribution in [2.45, 2.75) is 20.0 Å². The summed E-state index contributed by atoms with van der Waals surface area (Å²) in [5, 5.41) is 3.02. The van der Waals surface area contributed by atoms with Crippen molar-refractivity contribution in [3.05, 3.63) is 0 Å². The Kier molecular flexibility index (Phi) is 3.77. The van der Waals surface area contributed by atoms with Crippen molar-refractivity contribution in [2.24, 2.45) is 11.8 Å². The molecule has 0 saturated carbocycles. The summed E-state index contributed by atoms with van der Waals surface area (Å²) in [6.45, 7) is 4.20. The van der Waals surface area contributed by atoms with Crippen LogP contribution >= 0.6 is 0 Å². The molecule has 0 rings (SSSR count). The van der Waals surface area contributed by atoms with Gasteiger partial charge >= 0.3 is 0 Å². The largest absolute Gasteiger partial charge is 0.304 e. The first-order valence-corrected chi connectivity index (χ1v) is 2.85. The molecule has 0 aliphatic rings. The zero-order valence-corrected chi connectivity index (χ0v) is 5.73. The molecule has 0 heterocycles. The highest BCUT2D eigenvalue weighted by molar-refractivity contribution is 4.60. The van der Waals surface area contributed by atoms with E-state index in [4.69, 9.17) is 5.84 Å². The maximum Gasteiger partial charge on any atom is 0.0722 e. The lowest BCUT2D eigenvalue weighted by Gasteiger charge is -2.17. The molecule has 0 unspecified atom stereocenters. The molecular formula is C5H15N3. The number of hydrogen-bond acceptors (Lipinski definition) is 3. The molecule has 0 amide bonds. The molecule has 0 fully saturated rings. The molecule has 0 aromatic carbocycles. The highest BCUT2D eigenvalue weighted by atomic mass is 15.3. The summed E-state index contributed by atoms with van der Waals surface area (Å²) in [5.41, 5.74) is 2.64. The molecule has 0 aliphatic heterocycles. The monoisotopic (exact) mass is 117 g/mol. The minimum Gasteiger partial charge on any atom is -0.304 e. The first-order valence-electron chi connectivity index (χ1n) is 2.85. The maximum absolute atomic E-state index is 5.17. The first kappa shape index (κ1) is 7.88. The lowest BCUT2D eigenvalue weighted by atomic mass is 10.2. The van der Waals surface area contributed by atoms with Crippen LogP contribution in [-0.4, -0.2) is 13.2 Å². The third kappa shape index (κ3) is 2.26. The molecule has 1 atom stereocenters. The molecule has 0 aromatic heterocycles. The molecule has 0 aromatic rings. The molecular weight excluding hydrogens is 102 g/mol. The average molecular weight is 117 g/mol. The Bertz CT molecular complexity index is 49.6.